The summed E-state index contributed by atoms with van der Waals surface area (Å²) in [4.78, 5) is 11.8. The summed E-state index contributed by atoms with van der Waals surface area (Å²) < 4.78 is 0. The van der Waals surface area contributed by atoms with Crippen molar-refractivity contribution in [1.82, 2.24) is 0 Å². The van der Waals surface area contributed by atoms with Crippen LogP contribution in [-0.4, -0.2) is 11.0 Å². The first-order valence-corrected chi connectivity index (χ1v) is 5.48. The first-order chi connectivity index (χ1) is 7.34. The molecule has 1 aliphatic rings. The molecule has 16 heavy (non-hydrogen) atoms. The molecule has 1 amide bonds. The van der Waals surface area contributed by atoms with Crippen molar-refractivity contribution in [2.45, 2.75) is 39.2 Å². The number of hydrogen-bond acceptors (Lipinski definition) is 2. The highest BCUT2D eigenvalue weighted by Crippen LogP contribution is 2.40. The second kappa shape index (κ2) is 3.32. The van der Waals surface area contributed by atoms with E-state index in [0.717, 1.165) is 22.4 Å². The second-order valence-corrected chi connectivity index (χ2v) is 5.02. The number of aliphatic hydroxyl groups excluding tert-OH is 1. The molecule has 0 fully saturated rings. The van der Waals surface area contributed by atoms with E-state index in [1.165, 1.54) is 0 Å². The van der Waals surface area contributed by atoms with Crippen LogP contribution < -0.4 is 5.32 Å². The van der Waals surface area contributed by atoms with Crippen LogP contribution in [0.1, 0.15) is 43.6 Å². The van der Waals surface area contributed by atoms with E-state index in [1.54, 1.807) is 6.92 Å². The molecule has 3 nitrogen and oxygen atoms in total. The van der Waals surface area contributed by atoms with Gasteiger partial charge in [-0.1, -0.05) is 12.1 Å². The van der Waals surface area contributed by atoms with Crippen molar-refractivity contribution in [3.05, 3.63) is 28.8 Å². The van der Waals surface area contributed by atoms with Gasteiger partial charge in [-0.2, -0.15) is 0 Å². The maximum Gasteiger partial charge on any atom is 0.234 e. The topological polar surface area (TPSA) is 49.3 Å². The van der Waals surface area contributed by atoms with E-state index in [9.17, 15) is 9.90 Å². The van der Waals surface area contributed by atoms with Gasteiger partial charge in [0.15, 0.2) is 0 Å². The molecule has 0 bridgehead atoms. The van der Waals surface area contributed by atoms with Crippen LogP contribution in [0.4, 0.5) is 5.69 Å². The number of anilines is 1. The van der Waals surface area contributed by atoms with Crippen LogP contribution in [0.15, 0.2) is 12.1 Å². The first-order valence-electron chi connectivity index (χ1n) is 5.48. The Hall–Kier alpha value is -1.35. The number of carbonyl (C=O) groups excluding carboxylic acids is 1. The van der Waals surface area contributed by atoms with Crippen molar-refractivity contribution in [2.24, 2.45) is 0 Å². The summed E-state index contributed by atoms with van der Waals surface area (Å²) >= 11 is 0. The van der Waals surface area contributed by atoms with Gasteiger partial charge in [-0.3, -0.25) is 4.79 Å². The van der Waals surface area contributed by atoms with Crippen molar-refractivity contribution in [3.8, 4) is 0 Å². The zero-order chi connectivity index (χ0) is 12.1. The Morgan fingerprint density at radius 3 is 2.56 bits per heavy atom. The quantitative estimate of drug-likeness (QED) is 0.761. The number of amides is 1. The molecular weight excluding hydrogens is 202 g/mol. The Labute approximate surface area is 95.5 Å². The highest BCUT2D eigenvalue weighted by molar-refractivity contribution is 6.06. The number of aliphatic hydroxyl groups is 1. The summed E-state index contributed by atoms with van der Waals surface area (Å²) in [5.41, 5.74) is 3.24. The predicted octanol–water partition coefficient (Wildman–Crippen LogP) is 2.28. The lowest BCUT2D eigenvalue weighted by Crippen LogP contribution is -2.26. The van der Waals surface area contributed by atoms with E-state index in [1.807, 2.05) is 32.9 Å². The van der Waals surface area contributed by atoms with Crippen molar-refractivity contribution in [2.75, 3.05) is 5.32 Å². The molecule has 0 aliphatic carbocycles. The molecule has 3 heteroatoms. The number of rotatable bonds is 1. The predicted molar refractivity (Wildman–Crippen MR) is 63.5 cm³/mol. The molecule has 0 saturated heterocycles. The van der Waals surface area contributed by atoms with Gasteiger partial charge in [0.05, 0.1) is 11.5 Å². The largest absolute Gasteiger partial charge is 0.389 e. The third-order valence-corrected chi connectivity index (χ3v) is 3.32. The van der Waals surface area contributed by atoms with Gasteiger partial charge in [0, 0.05) is 5.69 Å². The van der Waals surface area contributed by atoms with Crippen LogP contribution in [0.5, 0.6) is 0 Å². The van der Waals surface area contributed by atoms with Gasteiger partial charge in [0.25, 0.3) is 0 Å². The number of fused-ring (bicyclic) bond motifs is 1. The Balaban J connectivity index is 2.65. The zero-order valence-electron chi connectivity index (χ0n) is 10.1. The lowest BCUT2D eigenvalue weighted by Gasteiger charge is -2.17. The number of benzene rings is 1. The van der Waals surface area contributed by atoms with E-state index < -0.39 is 11.5 Å². The van der Waals surface area contributed by atoms with Gasteiger partial charge in [-0.25, -0.2) is 0 Å². The molecule has 1 unspecified atom stereocenters. The number of carbonyl (C=O) groups is 1. The van der Waals surface area contributed by atoms with E-state index in [-0.39, 0.29) is 5.91 Å². The number of aryl methyl sites for hydroxylation is 1. The minimum Gasteiger partial charge on any atom is -0.389 e. The van der Waals surface area contributed by atoms with E-state index in [0.29, 0.717) is 0 Å². The minimum atomic E-state index is -0.509. The van der Waals surface area contributed by atoms with Crippen LogP contribution in [-0.2, 0) is 10.2 Å². The molecule has 0 spiro atoms. The molecule has 1 aromatic rings. The third kappa shape index (κ3) is 1.43. The zero-order valence-corrected chi connectivity index (χ0v) is 10.1. The van der Waals surface area contributed by atoms with Gasteiger partial charge in [-0.15, -0.1) is 0 Å². The SMILES string of the molecule is Cc1cc(C(C)O)cc2c1NC(=O)C2(C)C. The van der Waals surface area contributed by atoms with Crippen LogP contribution in [0.2, 0.25) is 0 Å². The number of nitrogens with one attached hydrogen (secondary N) is 1. The monoisotopic (exact) mass is 219 g/mol. The molecule has 2 rings (SSSR count). The van der Waals surface area contributed by atoms with Crippen molar-refractivity contribution in [3.63, 3.8) is 0 Å². The first kappa shape index (κ1) is 11.1. The van der Waals surface area contributed by atoms with E-state index in [4.69, 9.17) is 0 Å². The molecular formula is C13H17NO2. The maximum absolute atomic E-state index is 11.8. The average molecular weight is 219 g/mol. The molecule has 0 aromatic heterocycles. The van der Waals surface area contributed by atoms with E-state index >= 15 is 0 Å². The Bertz CT molecular complexity index is 461. The molecule has 0 radical (unpaired) electrons. The van der Waals surface area contributed by atoms with Crippen molar-refractivity contribution < 1.29 is 9.90 Å². The van der Waals surface area contributed by atoms with Crippen molar-refractivity contribution >= 4 is 11.6 Å². The molecule has 1 aliphatic heterocycles. The molecule has 2 N–H and O–H groups in total. The van der Waals surface area contributed by atoms with Gasteiger partial charge in [0.2, 0.25) is 5.91 Å². The smallest absolute Gasteiger partial charge is 0.234 e. The maximum atomic E-state index is 11.8. The third-order valence-electron chi connectivity index (χ3n) is 3.32. The summed E-state index contributed by atoms with van der Waals surface area (Å²) in [5, 5.41) is 12.5. The standard InChI is InChI=1S/C13H17NO2/c1-7-5-9(8(2)15)6-10-11(7)14-12(16)13(10,3)4/h5-6,8,15H,1-4H3,(H,14,16). The van der Waals surface area contributed by atoms with Crippen molar-refractivity contribution in [1.29, 1.82) is 0 Å². The fourth-order valence-corrected chi connectivity index (χ4v) is 2.11. The Morgan fingerprint density at radius 2 is 2.00 bits per heavy atom. The highest BCUT2D eigenvalue weighted by atomic mass is 16.3. The lowest BCUT2D eigenvalue weighted by atomic mass is 9.84. The molecule has 0 saturated carbocycles. The normalized spacial score (nSPS) is 19.2. The summed E-state index contributed by atoms with van der Waals surface area (Å²) in [6.07, 6.45) is -0.504. The molecule has 1 heterocycles. The van der Waals surface area contributed by atoms with Gasteiger partial charge < -0.3 is 10.4 Å². The van der Waals surface area contributed by atoms with Gasteiger partial charge in [0.1, 0.15) is 0 Å². The van der Waals surface area contributed by atoms with Crippen LogP contribution >= 0.6 is 0 Å². The minimum absolute atomic E-state index is 0.0216. The van der Waals surface area contributed by atoms with Gasteiger partial charge in [-0.05, 0) is 44.4 Å². The Kier molecular flexibility index (Phi) is 2.31. The average Bonchev–Trinajstić information content (AvgIpc) is 2.40. The summed E-state index contributed by atoms with van der Waals surface area (Å²) in [6, 6.07) is 3.84. The molecule has 86 valence electrons. The Morgan fingerprint density at radius 1 is 1.38 bits per heavy atom. The summed E-state index contributed by atoms with van der Waals surface area (Å²) in [7, 11) is 0. The molecule has 1 aromatic carbocycles. The highest BCUT2D eigenvalue weighted by Gasteiger charge is 2.39. The van der Waals surface area contributed by atoms with Crippen LogP contribution in [0.25, 0.3) is 0 Å². The number of hydrogen-bond donors (Lipinski definition) is 2. The van der Waals surface area contributed by atoms with Crippen LogP contribution in [0.3, 0.4) is 0 Å². The fraction of sp³-hybridized carbons (Fsp3) is 0.462. The van der Waals surface area contributed by atoms with Crippen LogP contribution in [0, 0.1) is 6.92 Å². The fourth-order valence-electron chi connectivity index (χ4n) is 2.11. The molecule has 1 atom stereocenters. The summed E-state index contributed by atoms with van der Waals surface area (Å²) in [6.45, 7) is 7.49. The van der Waals surface area contributed by atoms with E-state index in [2.05, 4.69) is 5.32 Å². The summed E-state index contributed by atoms with van der Waals surface area (Å²) in [5.74, 6) is 0.0216. The second-order valence-electron chi connectivity index (χ2n) is 5.02. The lowest BCUT2D eigenvalue weighted by molar-refractivity contribution is -0.119. The van der Waals surface area contributed by atoms with Gasteiger partial charge >= 0.3 is 0 Å².